The highest BCUT2D eigenvalue weighted by Crippen LogP contribution is 2.19. The Morgan fingerprint density at radius 3 is 2.78 bits per heavy atom. The molecule has 0 saturated carbocycles. The molecule has 0 bridgehead atoms. The minimum Gasteiger partial charge on any atom is -0.356 e. The topological polar surface area (TPSA) is 55.1 Å². The molecule has 1 amide bonds. The Bertz CT molecular complexity index is 689. The molecule has 0 aliphatic heterocycles. The lowest BCUT2D eigenvalue weighted by Crippen LogP contribution is -2.11. The Balaban J connectivity index is 1.86. The van der Waals surface area contributed by atoms with Gasteiger partial charge in [-0.1, -0.05) is 23.4 Å². The molecule has 3 rings (SSSR count). The molecule has 1 heterocycles. The normalized spacial score (nSPS) is 10.4. The van der Waals surface area contributed by atoms with Crippen molar-refractivity contribution in [1.82, 2.24) is 5.16 Å². The van der Waals surface area contributed by atoms with Crippen LogP contribution in [0.5, 0.6) is 0 Å². The van der Waals surface area contributed by atoms with Crippen LogP contribution in [0.4, 0.5) is 5.69 Å². The fraction of sp³-hybridized carbons (Fsp3) is 0. The Morgan fingerprint density at radius 1 is 1.11 bits per heavy atom. The summed E-state index contributed by atoms with van der Waals surface area (Å²) in [6.07, 6.45) is 1.64. The Labute approximate surface area is 103 Å². The smallest absolute Gasteiger partial charge is 0.255 e. The molecule has 88 valence electrons. The molecule has 1 aromatic heterocycles. The Hall–Kier alpha value is -2.62. The van der Waals surface area contributed by atoms with E-state index < -0.39 is 0 Å². The second-order valence-electron chi connectivity index (χ2n) is 3.90. The maximum atomic E-state index is 11.9. The van der Waals surface area contributed by atoms with Crippen molar-refractivity contribution in [2.45, 2.75) is 0 Å². The van der Waals surface area contributed by atoms with Crippen molar-refractivity contribution >= 4 is 22.6 Å². The largest absolute Gasteiger partial charge is 0.356 e. The number of anilines is 1. The van der Waals surface area contributed by atoms with Crippen LogP contribution in [-0.4, -0.2) is 11.1 Å². The van der Waals surface area contributed by atoms with Gasteiger partial charge in [-0.3, -0.25) is 4.79 Å². The summed E-state index contributed by atoms with van der Waals surface area (Å²) < 4.78 is 5.04. The van der Waals surface area contributed by atoms with Crippen molar-refractivity contribution in [3.63, 3.8) is 0 Å². The standard InChI is InChI=1S/C14H10N2O2/c17-14(10-4-2-1-3-5-10)16-12-7-6-11-9-15-18-13(11)8-12/h1-9H,(H,16,17). The first-order valence-corrected chi connectivity index (χ1v) is 5.54. The second kappa shape index (κ2) is 4.33. The first-order valence-electron chi connectivity index (χ1n) is 5.54. The number of hydrogen-bond donors (Lipinski definition) is 1. The first kappa shape index (κ1) is 10.5. The molecule has 0 radical (unpaired) electrons. The molecule has 0 aliphatic rings. The zero-order chi connectivity index (χ0) is 12.4. The number of nitrogens with zero attached hydrogens (tertiary/aromatic N) is 1. The summed E-state index contributed by atoms with van der Waals surface area (Å²) in [5.74, 6) is -0.144. The predicted octanol–water partition coefficient (Wildman–Crippen LogP) is 3.08. The molecule has 0 unspecified atom stereocenters. The summed E-state index contributed by atoms with van der Waals surface area (Å²) in [6, 6.07) is 14.5. The van der Waals surface area contributed by atoms with Gasteiger partial charge < -0.3 is 9.84 Å². The zero-order valence-corrected chi connectivity index (χ0v) is 9.46. The summed E-state index contributed by atoms with van der Waals surface area (Å²) in [7, 11) is 0. The van der Waals surface area contributed by atoms with Gasteiger partial charge in [-0.25, -0.2) is 0 Å². The van der Waals surface area contributed by atoms with Gasteiger partial charge in [-0.2, -0.15) is 0 Å². The summed E-state index contributed by atoms with van der Waals surface area (Å²) in [6.45, 7) is 0. The van der Waals surface area contributed by atoms with Gasteiger partial charge in [0.05, 0.1) is 6.20 Å². The molecule has 4 heteroatoms. The second-order valence-corrected chi connectivity index (χ2v) is 3.90. The van der Waals surface area contributed by atoms with Gasteiger partial charge in [0.2, 0.25) is 0 Å². The third kappa shape index (κ3) is 1.96. The van der Waals surface area contributed by atoms with Crippen molar-refractivity contribution in [2.24, 2.45) is 0 Å². The lowest BCUT2D eigenvalue weighted by Gasteiger charge is -2.04. The highest BCUT2D eigenvalue weighted by Gasteiger charge is 2.06. The zero-order valence-electron chi connectivity index (χ0n) is 9.46. The number of fused-ring (bicyclic) bond motifs is 1. The van der Waals surface area contributed by atoms with Crippen LogP contribution >= 0.6 is 0 Å². The molecule has 18 heavy (non-hydrogen) atoms. The molecule has 0 spiro atoms. The number of hydrogen-bond acceptors (Lipinski definition) is 3. The summed E-state index contributed by atoms with van der Waals surface area (Å²) in [4.78, 5) is 11.9. The number of benzene rings is 2. The van der Waals surface area contributed by atoms with E-state index in [-0.39, 0.29) is 5.91 Å². The van der Waals surface area contributed by atoms with Gasteiger partial charge in [0, 0.05) is 22.7 Å². The lowest BCUT2D eigenvalue weighted by molar-refractivity contribution is 0.102. The summed E-state index contributed by atoms with van der Waals surface area (Å²) in [5.41, 5.74) is 1.96. The Morgan fingerprint density at radius 2 is 1.94 bits per heavy atom. The monoisotopic (exact) mass is 238 g/mol. The van der Waals surface area contributed by atoms with Crippen LogP contribution in [0.25, 0.3) is 11.0 Å². The van der Waals surface area contributed by atoms with Crippen molar-refractivity contribution in [3.05, 3.63) is 60.3 Å². The van der Waals surface area contributed by atoms with Crippen LogP contribution in [0.3, 0.4) is 0 Å². The third-order valence-electron chi connectivity index (χ3n) is 2.65. The average molecular weight is 238 g/mol. The quantitative estimate of drug-likeness (QED) is 0.746. The van der Waals surface area contributed by atoms with E-state index in [9.17, 15) is 4.79 Å². The molecule has 0 fully saturated rings. The van der Waals surface area contributed by atoms with Gasteiger partial charge in [0.1, 0.15) is 0 Å². The third-order valence-corrected chi connectivity index (χ3v) is 2.65. The van der Waals surface area contributed by atoms with E-state index in [1.54, 1.807) is 24.4 Å². The minimum atomic E-state index is -0.144. The molecular formula is C14H10N2O2. The lowest BCUT2D eigenvalue weighted by atomic mass is 10.2. The maximum absolute atomic E-state index is 11.9. The van der Waals surface area contributed by atoms with E-state index in [0.717, 1.165) is 5.39 Å². The Kier molecular flexibility index (Phi) is 2.53. The number of carbonyl (C=O) groups excluding carboxylic acids is 1. The van der Waals surface area contributed by atoms with E-state index in [4.69, 9.17) is 4.52 Å². The maximum Gasteiger partial charge on any atom is 0.255 e. The van der Waals surface area contributed by atoms with Gasteiger partial charge in [0.15, 0.2) is 5.58 Å². The number of amides is 1. The molecule has 1 N–H and O–H groups in total. The van der Waals surface area contributed by atoms with Crippen LogP contribution in [0.2, 0.25) is 0 Å². The van der Waals surface area contributed by atoms with Crippen molar-refractivity contribution in [3.8, 4) is 0 Å². The predicted molar refractivity (Wildman–Crippen MR) is 68.4 cm³/mol. The summed E-state index contributed by atoms with van der Waals surface area (Å²) in [5, 5.41) is 7.42. The van der Waals surface area contributed by atoms with E-state index >= 15 is 0 Å². The van der Waals surface area contributed by atoms with E-state index in [0.29, 0.717) is 16.8 Å². The van der Waals surface area contributed by atoms with E-state index in [1.807, 2.05) is 30.3 Å². The SMILES string of the molecule is O=C(Nc1ccc2cnoc2c1)c1ccccc1. The highest BCUT2D eigenvalue weighted by molar-refractivity contribution is 6.04. The molecule has 0 saturated heterocycles. The van der Waals surface area contributed by atoms with Gasteiger partial charge in [-0.05, 0) is 24.3 Å². The van der Waals surface area contributed by atoms with Crippen LogP contribution in [0.15, 0.2) is 59.3 Å². The number of carbonyl (C=O) groups is 1. The minimum absolute atomic E-state index is 0.144. The van der Waals surface area contributed by atoms with Crippen molar-refractivity contribution < 1.29 is 9.32 Å². The van der Waals surface area contributed by atoms with Crippen LogP contribution in [0, 0.1) is 0 Å². The number of aromatic nitrogens is 1. The van der Waals surface area contributed by atoms with Crippen LogP contribution < -0.4 is 5.32 Å². The van der Waals surface area contributed by atoms with Gasteiger partial charge in [-0.15, -0.1) is 0 Å². The molecule has 3 aromatic rings. The fourth-order valence-electron chi connectivity index (χ4n) is 1.73. The molecule has 0 atom stereocenters. The van der Waals surface area contributed by atoms with E-state index in [2.05, 4.69) is 10.5 Å². The molecule has 2 aromatic carbocycles. The number of rotatable bonds is 2. The molecular weight excluding hydrogens is 228 g/mol. The van der Waals surface area contributed by atoms with Crippen molar-refractivity contribution in [2.75, 3.05) is 5.32 Å². The molecule has 0 aliphatic carbocycles. The first-order chi connectivity index (χ1) is 8.83. The van der Waals surface area contributed by atoms with Crippen molar-refractivity contribution in [1.29, 1.82) is 0 Å². The highest BCUT2D eigenvalue weighted by atomic mass is 16.5. The van der Waals surface area contributed by atoms with Gasteiger partial charge in [0.25, 0.3) is 5.91 Å². The van der Waals surface area contributed by atoms with Crippen LogP contribution in [0.1, 0.15) is 10.4 Å². The van der Waals surface area contributed by atoms with Crippen LogP contribution in [-0.2, 0) is 0 Å². The summed E-state index contributed by atoms with van der Waals surface area (Å²) >= 11 is 0. The average Bonchev–Trinajstić information content (AvgIpc) is 2.87. The number of nitrogens with one attached hydrogen (secondary N) is 1. The van der Waals surface area contributed by atoms with Gasteiger partial charge >= 0.3 is 0 Å². The van der Waals surface area contributed by atoms with E-state index in [1.165, 1.54) is 0 Å². The fourth-order valence-corrected chi connectivity index (χ4v) is 1.73. The molecule has 4 nitrogen and oxygen atoms in total.